The lowest BCUT2D eigenvalue weighted by atomic mass is 9.87. The van der Waals surface area contributed by atoms with Gasteiger partial charge < -0.3 is 20.1 Å². The zero-order valence-electron chi connectivity index (χ0n) is 13.5. The van der Waals surface area contributed by atoms with Crippen molar-refractivity contribution < 1.29 is 19.1 Å². The molecule has 2 N–H and O–H groups in total. The predicted molar refractivity (Wildman–Crippen MR) is 80.0 cm³/mol. The van der Waals surface area contributed by atoms with Crippen LogP contribution in [0.4, 0.5) is 4.79 Å². The van der Waals surface area contributed by atoms with Gasteiger partial charge in [-0.05, 0) is 53.5 Å². The summed E-state index contributed by atoms with van der Waals surface area (Å²) >= 11 is 0. The summed E-state index contributed by atoms with van der Waals surface area (Å²) in [5.41, 5.74) is -0.460. The quantitative estimate of drug-likeness (QED) is 0.555. The molecule has 0 spiro atoms. The number of hydrogen-bond donors (Lipinski definition) is 2. The molecule has 0 radical (unpaired) electrons. The predicted octanol–water partition coefficient (Wildman–Crippen LogP) is 1.98. The summed E-state index contributed by atoms with van der Waals surface area (Å²) in [6.45, 7) is 8.58. The van der Waals surface area contributed by atoms with Crippen LogP contribution in [-0.2, 0) is 14.3 Å². The van der Waals surface area contributed by atoms with Gasteiger partial charge in [-0.25, -0.2) is 4.79 Å². The molecule has 122 valence electrons. The van der Waals surface area contributed by atoms with Crippen molar-refractivity contribution in [3.8, 4) is 0 Å². The summed E-state index contributed by atoms with van der Waals surface area (Å²) in [5, 5.41) is 6.22. The van der Waals surface area contributed by atoms with Gasteiger partial charge in [-0.3, -0.25) is 4.79 Å². The molecular formula is C15H28N2O4. The number of carbonyl (C=O) groups is 2. The number of nitrogens with one attached hydrogen (secondary N) is 2. The van der Waals surface area contributed by atoms with Gasteiger partial charge in [0, 0.05) is 18.5 Å². The summed E-state index contributed by atoms with van der Waals surface area (Å²) in [7, 11) is 0. The Balaban J connectivity index is 2.01. The van der Waals surface area contributed by atoms with Crippen molar-refractivity contribution in [2.75, 3.05) is 13.2 Å². The number of hydrogen-bond acceptors (Lipinski definition) is 5. The number of amides is 1. The van der Waals surface area contributed by atoms with Crippen LogP contribution < -0.4 is 10.6 Å². The van der Waals surface area contributed by atoms with Crippen LogP contribution in [0.5, 0.6) is 0 Å². The summed E-state index contributed by atoms with van der Waals surface area (Å²) in [4.78, 5) is 22.7. The number of ether oxygens (including phenoxy) is 2. The van der Waals surface area contributed by atoms with Crippen LogP contribution in [0.3, 0.4) is 0 Å². The molecule has 0 aliphatic heterocycles. The van der Waals surface area contributed by atoms with Crippen molar-refractivity contribution >= 4 is 12.1 Å². The Bertz CT molecular complexity index is 346. The second-order valence-electron chi connectivity index (χ2n) is 6.37. The molecule has 0 heterocycles. The standard InChI is InChI=1S/C15H28N2O4/c1-5-20-13(18)7-6-8-16-11-9-12(10-11)17-14(19)21-15(2,3)4/h11-12,16H,5-10H2,1-4H3,(H,17,19). The van der Waals surface area contributed by atoms with Crippen molar-refractivity contribution in [2.24, 2.45) is 0 Å². The normalized spacial score (nSPS) is 21.3. The van der Waals surface area contributed by atoms with Crippen molar-refractivity contribution in [3.05, 3.63) is 0 Å². The van der Waals surface area contributed by atoms with Crippen LogP contribution in [0, 0.1) is 0 Å². The first-order chi connectivity index (χ1) is 9.80. The van der Waals surface area contributed by atoms with Crippen LogP contribution in [0.15, 0.2) is 0 Å². The fraction of sp³-hybridized carbons (Fsp3) is 0.867. The van der Waals surface area contributed by atoms with Crippen LogP contribution in [0.1, 0.15) is 53.4 Å². The van der Waals surface area contributed by atoms with Gasteiger partial charge in [0.15, 0.2) is 0 Å². The molecule has 0 aromatic heterocycles. The lowest BCUT2D eigenvalue weighted by Gasteiger charge is -2.36. The summed E-state index contributed by atoms with van der Waals surface area (Å²) in [6.07, 6.45) is 2.68. The van der Waals surface area contributed by atoms with Crippen LogP contribution in [-0.4, -0.2) is 42.9 Å². The maximum atomic E-state index is 11.6. The van der Waals surface area contributed by atoms with E-state index in [2.05, 4.69) is 10.6 Å². The average molecular weight is 300 g/mol. The summed E-state index contributed by atoms with van der Waals surface area (Å²) in [5.74, 6) is -0.141. The summed E-state index contributed by atoms with van der Waals surface area (Å²) in [6, 6.07) is 0.592. The SMILES string of the molecule is CCOC(=O)CCCNC1CC(NC(=O)OC(C)(C)C)C1. The van der Waals surface area contributed by atoms with Crippen LogP contribution in [0.25, 0.3) is 0 Å². The second-order valence-corrected chi connectivity index (χ2v) is 6.37. The third kappa shape index (κ3) is 7.90. The molecule has 21 heavy (non-hydrogen) atoms. The highest BCUT2D eigenvalue weighted by Gasteiger charge is 2.31. The molecule has 0 aromatic rings. The zero-order valence-corrected chi connectivity index (χ0v) is 13.5. The molecule has 0 bridgehead atoms. The third-order valence-corrected chi connectivity index (χ3v) is 3.15. The Hall–Kier alpha value is -1.30. The van der Waals surface area contributed by atoms with Gasteiger partial charge in [0.2, 0.25) is 0 Å². The number of carbonyl (C=O) groups excluding carboxylic acids is 2. The molecule has 1 aliphatic rings. The van der Waals surface area contributed by atoms with E-state index < -0.39 is 5.60 Å². The first kappa shape index (κ1) is 17.8. The molecule has 1 saturated carbocycles. The van der Waals surface area contributed by atoms with Gasteiger partial charge in [-0.2, -0.15) is 0 Å². The van der Waals surface area contributed by atoms with Gasteiger partial charge in [0.05, 0.1) is 6.61 Å². The van der Waals surface area contributed by atoms with Crippen molar-refractivity contribution in [1.82, 2.24) is 10.6 Å². The molecule has 1 rings (SSSR count). The minimum Gasteiger partial charge on any atom is -0.466 e. The molecule has 1 fully saturated rings. The van der Waals surface area contributed by atoms with E-state index in [-0.39, 0.29) is 18.1 Å². The van der Waals surface area contributed by atoms with Crippen molar-refractivity contribution in [1.29, 1.82) is 0 Å². The highest BCUT2D eigenvalue weighted by atomic mass is 16.6. The number of alkyl carbamates (subject to hydrolysis) is 1. The highest BCUT2D eigenvalue weighted by molar-refractivity contribution is 5.69. The van der Waals surface area contributed by atoms with E-state index >= 15 is 0 Å². The fourth-order valence-corrected chi connectivity index (χ4v) is 2.15. The van der Waals surface area contributed by atoms with E-state index in [1.807, 2.05) is 27.7 Å². The van der Waals surface area contributed by atoms with E-state index in [9.17, 15) is 9.59 Å². The Morgan fingerprint density at radius 1 is 1.19 bits per heavy atom. The Kier molecular flexibility index (Phi) is 6.95. The van der Waals surface area contributed by atoms with Crippen LogP contribution in [0.2, 0.25) is 0 Å². The van der Waals surface area contributed by atoms with Gasteiger partial charge in [-0.1, -0.05) is 0 Å². The minimum absolute atomic E-state index is 0.141. The van der Waals surface area contributed by atoms with E-state index in [4.69, 9.17) is 9.47 Å². The largest absolute Gasteiger partial charge is 0.466 e. The zero-order chi connectivity index (χ0) is 15.9. The average Bonchev–Trinajstić information content (AvgIpc) is 2.28. The highest BCUT2D eigenvalue weighted by Crippen LogP contribution is 2.20. The molecule has 6 nitrogen and oxygen atoms in total. The lowest BCUT2D eigenvalue weighted by Crippen LogP contribution is -2.53. The fourth-order valence-electron chi connectivity index (χ4n) is 2.15. The lowest BCUT2D eigenvalue weighted by molar-refractivity contribution is -0.143. The van der Waals surface area contributed by atoms with Gasteiger partial charge in [-0.15, -0.1) is 0 Å². The number of esters is 1. The molecule has 6 heteroatoms. The van der Waals surface area contributed by atoms with E-state index in [0.717, 1.165) is 25.8 Å². The molecule has 1 aliphatic carbocycles. The Labute approximate surface area is 126 Å². The molecule has 0 saturated heterocycles. The van der Waals surface area contributed by atoms with Gasteiger partial charge in [0.1, 0.15) is 5.60 Å². The first-order valence-electron chi connectivity index (χ1n) is 7.68. The van der Waals surface area contributed by atoms with Crippen molar-refractivity contribution in [3.63, 3.8) is 0 Å². The summed E-state index contributed by atoms with van der Waals surface area (Å²) < 4.78 is 10.1. The second kappa shape index (κ2) is 8.22. The maximum absolute atomic E-state index is 11.6. The molecule has 0 unspecified atom stereocenters. The molecular weight excluding hydrogens is 272 g/mol. The van der Waals surface area contributed by atoms with Gasteiger partial charge in [0.25, 0.3) is 0 Å². The Morgan fingerprint density at radius 2 is 1.86 bits per heavy atom. The third-order valence-electron chi connectivity index (χ3n) is 3.15. The number of rotatable bonds is 7. The van der Waals surface area contributed by atoms with E-state index in [1.54, 1.807) is 0 Å². The van der Waals surface area contributed by atoms with Gasteiger partial charge >= 0.3 is 12.1 Å². The first-order valence-corrected chi connectivity index (χ1v) is 7.68. The maximum Gasteiger partial charge on any atom is 0.407 e. The van der Waals surface area contributed by atoms with Crippen molar-refractivity contribution in [2.45, 2.75) is 71.1 Å². The molecule has 0 atom stereocenters. The van der Waals surface area contributed by atoms with Crippen LogP contribution >= 0.6 is 0 Å². The topological polar surface area (TPSA) is 76.7 Å². The molecule has 1 amide bonds. The Morgan fingerprint density at radius 3 is 2.43 bits per heavy atom. The smallest absolute Gasteiger partial charge is 0.407 e. The van der Waals surface area contributed by atoms with E-state index in [0.29, 0.717) is 19.1 Å². The monoisotopic (exact) mass is 300 g/mol. The molecule has 0 aromatic carbocycles. The van der Waals surface area contributed by atoms with E-state index in [1.165, 1.54) is 0 Å². The minimum atomic E-state index is -0.460.